The molecule has 1 aliphatic carbocycles. The average molecular weight is 317 g/mol. The van der Waals surface area contributed by atoms with Crippen LogP contribution in [0.3, 0.4) is 0 Å². The Morgan fingerprint density at radius 1 is 1.17 bits per heavy atom. The van der Waals surface area contributed by atoms with E-state index in [-0.39, 0.29) is 5.92 Å². The summed E-state index contributed by atoms with van der Waals surface area (Å²) < 4.78 is 11.1. The second kappa shape index (κ2) is 6.03. The van der Waals surface area contributed by atoms with Gasteiger partial charge in [-0.3, -0.25) is 4.90 Å². The minimum absolute atomic E-state index is 0.269. The first-order valence-corrected chi connectivity index (χ1v) is 8.57. The first-order chi connectivity index (χ1) is 11.2. The standard InChI is InChI=1S/C16H23N5O2/c1-10(2)15-19-18-13(22-15)9-21-7-3-4-12(8-21)14-17-16(23-20-14)11-5-6-11/h10-12H,3-9H2,1-2H3/t12-/m1/s1. The van der Waals surface area contributed by atoms with Crippen LogP contribution in [0.2, 0.25) is 0 Å². The zero-order valence-electron chi connectivity index (χ0n) is 13.7. The van der Waals surface area contributed by atoms with E-state index in [0.717, 1.165) is 37.6 Å². The lowest BCUT2D eigenvalue weighted by molar-refractivity contribution is 0.177. The lowest BCUT2D eigenvalue weighted by Crippen LogP contribution is -2.34. The fourth-order valence-corrected chi connectivity index (χ4v) is 3.07. The van der Waals surface area contributed by atoms with Crippen molar-refractivity contribution in [3.8, 4) is 0 Å². The van der Waals surface area contributed by atoms with E-state index in [1.54, 1.807) is 0 Å². The SMILES string of the molecule is CC(C)c1nnc(CN2CCC[C@@H](c3noc(C4CC4)n3)C2)o1. The van der Waals surface area contributed by atoms with Crippen LogP contribution in [0.25, 0.3) is 0 Å². The van der Waals surface area contributed by atoms with Crippen molar-refractivity contribution < 1.29 is 8.94 Å². The van der Waals surface area contributed by atoms with Crippen LogP contribution >= 0.6 is 0 Å². The molecule has 7 heteroatoms. The van der Waals surface area contributed by atoms with E-state index >= 15 is 0 Å². The van der Waals surface area contributed by atoms with Gasteiger partial charge in [0.1, 0.15) is 0 Å². The van der Waals surface area contributed by atoms with Gasteiger partial charge in [-0.25, -0.2) is 0 Å². The third kappa shape index (κ3) is 3.29. The maximum absolute atomic E-state index is 5.72. The third-order valence-electron chi connectivity index (χ3n) is 4.59. The molecule has 0 spiro atoms. The number of hydrogen-bond acceptors (Lipinski definition) is 7. The molecule has 1 saturated carbocycles. The van der Waals surface area contributed by atoms with E-state index in [9.17, 15) is 0 Å². The zero-order valence-corrected chi connectivity index (χ0v) is 13.7. The van der Waals surface area contributed by atoms with Gasteiger partial charge in [-0.15, -0.1) is 10.2 Å². The molecule has 0 aromatic carbocycles. The minimum atomic E-state index is 0.269. The number of nitrogens with zero attached hydrogens (tertiary/aromatic N) is 5. The molecular weight excluding hydrogens is 294 g/mol. The first-order valence-electron chi connectivity index (χ1n) is 8.57. The molecule has 2 aromatic rings. The lowest BCUT2D eigenvalue weighted by Gasteiger charge is -2.29. The summed E-state index contributed by atoms with van der Waals surface area (Å²) in [4.78, 5) is 6.96. The second-order valence-corrected chi connectivity index (χ2v) is 7.03. The van der Waals surface area contributed by atoms with Crippen LogP contribution in [0.1, 0.15) is 80.8 Å². The van der Waals surface area contributed by atoms with Gasteiger partial charge < -0.3 is 8.94 Å². The predicted octanol–water partition coefficient (Wildman–Crippen LogP) is 2.83. The summed E-state index contributed by atoms with van der Waals surface area (Å²) in [6, 6.07) is 0. The van der Waals surface area contributed by atoms with Crippen LogP contribution in [0.5, 0.6) is 0 Å². The van der Waals surface area contributed by atoms with Crippen molar-refractivity contribution >= 4 is 0 Å². The van der Waals surface area contributed by atoms with Crippen molar-refractivity contribution in [2.75, 3.05) is 13.1 Å². The molecule has 1 saturated heterocycles. The number of likely N-dealkylation sites (tertiary alicyclic amines) is 1. The zero-order chi connectivity index (χ0) is 15.8. The summed E-state index contributed by atoms with van der Waals surface area (Å²) in [7, 11) is 0. The quantitative estimate of drug-likeness (QED) is 0.838. The summed E-state index contributed by atoms with van der Waals surface area (Å²) in [5, 5.41) is 12.5. The highest BCUT2D eigenvalue weighted by Crippen LogP contribution is 2.39. The number of piperidine rings is 1. The van der Waals surface area contributed by atoms with E-state index in [2.05, 4.69) is 39.1 Å². The van der Waals surface area contributed by atoms with Gasteiger partial charge in [0, 0.05) is 24.3 Å². The molecule has 2 aliphatic rings. The second-order valence-electron chi connectivity index (χ2n) is 7.03. The summed E-state index contributed by atoms with van der Waals surface area (Å²) in [5.41, 5.74) is 0. The molecule has 124 valence electrons. The molecule has 0 N–H and O–H groups in total. The van der Waals surface area contributed by atoms with Gasteiger partial charge >= 0.3 is 0 Å². The molecule has 2 fully saturated rings. The van der Waals surface area contributed by atoms with Crippen LogP contribution in [-0.2, 0) is 6.54 Å². The number of rotatable bonds is 5. The van der Waals surface area contributed by atoms with E-state index in [1.165, 1.54) is 12.8 Å². The molecule has 2 aromatic heterocycles. The molecule has 1 aliphatic heterocycles. The van der Waals surface area contributed by atoms with Crippen molar-refractivity contribution in [3.63, 3.8) is 0 Å². The number of aromatic nitrogens is 4. The topological polar surface area (TPSA) is 81.1 Å². The lowest BCUT2D eigenvalue weighted by atomic mass is 9.97. The van der Waals surface area contributed by atoms with Crippen molar-refractivity contribution in [2.45, 2.75) is 63.8 Å². The van der Waals surface area contributed by atoms with E-state index < -0.39 is 0 Å². The molecule has 4 rings (SSSR count). The van der Waals surface area contributed by atoms with Gasteiger partial charge in [0.2, 0.25) is 17.7 Å². The molecule has 7 nitrogen and oxygen atoms in total. The van der Waals surface area contributed by atoms with Crippen molar-refractivity contribution in [1.82, 2.24) is 25.2 Å². The van der Waals surface area contributed by atoms with Crippen LogP contribution in [0, 0.1) is 0 Å². The maximum atomic E-state index is 5.72. The molecule has 0 amide bonds. The Morgan fingerprint density at radius 3 is 2.78 bits per heavy atom. The van der Waals surface area contributed by atoms with Crippen molar-refractivity contribution in [3.05, 3.63) is 23.5 Å². The van der Waals surface area contributed by atoms with Crippen LogP contribution in [0.4, 0.5) is 0 Å². The molecular formula is C16H23N5O2. The van der Waals surface area contributed by atoms with Crippen molar-refractivity contribution in [2.24, 2.45) is 0 Å². The van der Waals surface area contributed by atoms with Crippen LogP contribution in [-0.4, -0.2) is 38.3 Å². The van der Waals surface area contributed by atoms with Crippen LogP contribution < -0.4 is 0 Å². The fraction of sp³-hybridized carbons (Fsp3) is 0.750. The first kappa shape index (κ1) is 14.8. The highest BCUT2D eigenvalue weighted by atomic mass is 16.5. The summed E-state index contributed by atoms with van der Waals surface area (Å²) in [6.45, 7) is 6.78. The van der Waals surface area contributed by atoms with E-state index in [0.29, 0.717) is 30.2 Å². The molecule has 0 radical (unpaired) electrons. The molecule has 0 bridgehead atoms. The largest absolute Gasteiger partial charge is 0.424 e. The Bertz CT molecular complexity index is 661. The van der Waals surface area contributed by atoms with Gasteiger partial charge in [-0.2, -0.15) is 4.98 Å². The molecule has 23 heavy (non-hydrogen) atoms. The van der Waals surface area contributed by atoms with Gasteiger partial charge in [0.05, 0.1) is 6.54 Å². The monoisotopic (exact) mass is 317 g/mol. The fourth-order valence-electron chi connectivity index (χ4n) is 3.07. The minimum Gasteiger partial charge on any atom is -0.424 e. The highest BCUT2D eigenvalue weighted by Gasteiger charge is 2.32. The van der Waals surface area contributed by atoms with Crippen LogP contribution in [0.15, 0.2) is 8.94 Å². The summed E-state index contributed by atoms with van der Waals surface area (Å²) in [6.07, 6.45) is 4.62. The maximum Gasteiger partial charge on any atom is 0.230 e. The Morgan fingerprint density at radius 2 is 2.04 bits per heavy atom. The van der Waals surface area contributed by atoms with Crippen molar-refractivity contribution in [1.29, 1.82) is 0 Å². The van der Waals surface area contributed by atoms with E-state index in [4.69, 9.17) is 8.94 Å². The Hall–Kier alpha value is -1.76. The molecule has 0 unspecified atom stereocenters. The predicted molar refractivity (Wildman–Crippen MR) is 81.9 cm³/mol. The summed E-state index contributed by atoms with van der Waals surface area (Å²) in [5.74, 6) is 4.23. The normalized spacial score (nSPS) is 22.8. The van der Waals surface area contributed by atoms with E-state index in [1.807, 2.05) is 0 Å². The van der Waals surface area contributed by atoms with Gasteiger partial charge in [0.15, 0.2) is 5.82 Å². The average Bonchev–Trinajstić information content (AvgIpc) is 3.09. The van der Waals surface area contributed by atoms with Gasteiger partial charge in [0.25, 0.3) is 0 Å². The molecule has 1 atom stereocenters. The highest BCUT2D eigenvalue weighted by molar-refractivity contribution is 5.05. The third-order valence-corrected chi connectivity index (χ3v) is 4.59. The Labute approximate surface area is 135 Å². The Balaban J connectivity index is 1.39. The summed E-state index contributed by atoms with van der Waals surface area (Å²) >= 11 is 0. The number of hydrogen-bond donors (Lipinski definition) is 0. The van der Waals surface area contributed by atoms with Gasteiger partial charge in [-0.1, -0.05) is 19.0 Å². The van der Waals surface area contributed by atoms with Gasteiger partial charge in [-0.05, 0) is 32.2 Å². The molecule has 3 heterocycles. The Kier molecular flexibility index (Phi) is 3.88. The smallest absolute Gasteiger partial charge is 0.230 e.